The summed E-state index contributed by atoms with van der Waals surface area (Å²) in [5, 5.41) is 4.39. The molecule has 5 heterocycles. The van der Waals surface area contributed by atoms with Gasteiger partial charge in [0.2, 0.25) is 17.7 Å². The molecule has 2 saturated carbocycles. The van der Waals surface area contributed by atoms with Crippen molar-refractivity contribution < 1.29 is 9.32 Å². The van der Waals surface area contributed by atoms with E-state index in [1.54, 1.807) is 12.4 Å². The van der Waals surface area contributed by atoms with Crippen LogP contribution < -0.4 is 10.7 Å². The van der Waals surface area contributed by atoms with Crippen LogP contribution in [0.2, 0.25) is 5.02 Å². The Labute approximate surface area is 248 Å². The van der Waals surface area contributed by atoms with Crippen LogP contribution >= 0.6 is 11.6 Å². The molecule has 1 amide bonds. The highest BCUT2D eigenvalue weighted by Crippen LogP contribution is 2.38. The number of carbonyl (C=O) groups excluding carboxylic acids is 1. The second-order valence-electron chi connectivity index (χ2n) is 12.3. The van der Waals surface area contributed by atoms with Crippen LogP contribution in [-0.2, 0) is 11.3 Å². The first-order valence-electron chi connectivity index (χ1n) is 15.0. The molecule has 4 aromatic rings. The van der Waals surface area contributed by atoms with Crippen molar-refractivity contribution in [2.24, 2.45) is 17.8 Å². The van der Waals surface area contributed by atoms with Gasteiger partial charge in [0, 0.05) is 56.1 Å². The van der Waals surface area contributed by atoms with E-state index in [4.69, 9.17) is 26.1 Å². The molecule has 0 spiro atoms. The van der Waals surface area contributed by atoms with E-state index in [0.717, 1.165) is 47.8 Å². The van der Waals surface area contributed by atoms with Gasteiger partial charge in [-0.15, -0.1) is 0 Å². The van der Waals surface area contributed by atoms with Crippen molar-refractivity contribution in [3.05, 3.63) is 40.1 Å². The number of H-pyrrole nitrogens is 1. The van der Waals surface area contributed by atoms with E-state index in [1.165, 1.54) is 25.7 Å². The van der Waals surface area contributed by atoms with E-state index in [0.29, 0.717) is 42.0 Å². The minimum Gasteiger partial charge on any atom is -0.339 e. The summed E-state index contributed by atoms with van der Waals surface area (Å²) in [6.45, 7) is 7.38. The summed E-state index contributed by atoms with van der Waals surface area (Å²) >= 11 is 6.40. The summed E-state index contributed by atoms with van der Waals surface area (Å²) < 4.78 is 7.12. The number of anilines is 1. The molecule has 7 rings (SSSR count). The third kappa shape index (κ3) is 5.19. The van der Waals surface area contributed by atoms with E-state index in [1.807, 2.05) is 17.0 Å². The number of aromatic amines is 1. The van der Waals surface area contributed by atoms with Crippen LogP contribution in [0.5, 0.6) is 0 Å². The lowest BCUT2D eigenvalue weighted by atomic mass is 9.83. The Morgan fingerprint density at radius 1 is 1.07 bits per heavy atom. The van der Waals surface area contributed by atoms with Crippen molar-refractivity contribution in [2.45, 2.75) is 65.0 Å². The Morgan fingerprint density at radius 3 is 2.57 bits per heavy atom. The second-order valence-corrected chi connectivity index (χ2v) is 12.7. The van der Waals surface area contributed by atoms with E-state index < -0.39 is 5.76 Å². The van der Waals surface area contributed by atoms with Gasteiger partial charge in [-0.25, -0.2) is 14.8 Å². The highest BCUT2D eigenvalue weighted by molar-refractivity contribution is 6.30. The minimum absolute atomic E-state index is 0.0963. The molecule has 3 aliphatic rings. The first-order valence-corrected chi connectivity index (χ1v) is 15.4. The number of carbonyl (C=O) groups is 1. The number of nitrogens with one attached hydrogen (secondary N) is 1. The summed E-state index contributed by atoms with van der Waals surface area (Å²) in [6.07, 6.45) is 10.1. The molecule has 4 aromatic heterocycles. The molecule has 42 heavy (non-hydrogen) atoms. The van der Waals surface area contributed by atoms with Crippen molar-refractivity contribution in [3.8, 4) is 22.8 Å². The third-order valence-electron chi connectivity index (χ3n) is 9.06. The number of amides is 1. The molecular weight excluding hydrogens is 556 g/mol. The van der Waals surface area contributed by atoms with Crippen molar-refractivity contribution in [2.75, 3.05) is 24.5 Å². The highest BCUT2D eigenvalue weighted by Gasteiger charge is 2.37. The van der Waals surface area contributed by atoms with E-state index >= 15 is 0 Å². The van der Waals surface area contributed by atoms with Gasteiger partial charge in [-0.05, 0) is 56.6 Å². The van der Waals surface area contributed by atoms with Gasteiger partial charge in [-0.1, -0.05) is 36.5 Å². The number of rotatable bonds is 6. The average Bonchev–Trinajstić information content (AvgIpc) is 3.65. The van der Waals surface area contributed by atoms with Gasteiger partial charge in [-0.3, -0.25) is 19.3 Å². The summed E-state index contributed by atoms with van der Waals surface area (Å²) in [5.74, 6) is 2.22. The highest BCUT2D eigenvalue weighted by atomic mass is 35.5. The normalized spacial score (nSPS) is 23.1. The van der Waals surface area contributed by atoms with E-state index in [-0.39, 0.29) is 23.7 Å². The Hall–Kier alpha value is -3.73. The fourth-order valence-corrected chi connectivity index (χ4v) is 6.73. The number of nitrogens with zero attached hydrogens (tertiary/aromatic N) is 7. The quantitative estimate of drug-likeness (QED) is 0.340. The molecular formula is C30H35ClN8O3. The van der Waals surface area contributed by atoms with Gasteiger partial charge in [0.05, 0.1) is 21.7 Å². The Balaban J connectivity index is 1.37. The van der Waals surface area contributed by atoms with Gasteiger partial charge in [0.15, 0.2) is 0 Å². The fourth-order valence-electron chi connectivity index (χ4n) is 6.55. The molecule has 1 aliphatic heterocycles. The first kappa shape index (κ1) is 27.1. The molecule has 0 bridgehead atoms. The molecule has 3 fully saturated rings. The maximum absolute atomic E-state index is 12.9. The molecule has 2 aliphatic carbocycles. The van der Waals surface area contributed by atoms with Gasteiger partial charge in [0.1, 0.15) is 5.69 Å². The number of pyridine rings is 2. The largest absolute Gasteiger partial charge is 0.439 e. The van der Waals surface area contributed by atoms with E-state index in [9.17, 15) is 9.59 Å². The number of halogens is 1. The van der Waals surface area contributed by atoms with Crippen molar-refractivity contribution in [1.29, 1.82) is 0 Å². The third-order valence-corrected chi connectivity index (χ3v) is 9.27. The van der Waals surface area contributed by atoms with Crippen LogP contribution in [-0.4, -0.2) is 66.1 Å². The van der Waals surface area contributed by atoms with E-state index in [2.05, 4.69) is 38.4 Å². The van der Waals surface area contributed by atoms with Crippen molar-refractivity contribution in [1.82, 2.24) is 34.6 Å². The molecule has 0 unspecified atom stereocenters. The summed E-state index contributed by atoms with van der Waals surface area (Å²) in [4.78, 5) is 46.2. The maximum atomic E-state index is 12.9. The molecule has 12 heteroatoms. The minimum atomic E-state index is -0.650. The van der Waals surface area contributed by atoms with Crippen LogP contribution in [0.4, 0.5) is 5.95 Å². The second kappa shape index (κ2) is 10.8. The predicted octanol–water partition coefficient (Wildman–Crippen LogP) is 4.76. The van der Waals surface area contributed by atoms with Crippen LogP contribution in [0.15, 0.2) is 33.8 Å². The zero-order valence-corrected chi connectivity index (χ0v) is 24.7. The summed E-state index contributed by atoms with van der Waals surface area (Å²) in [5.41, 5.74) is 3.49. The topological polar surface area (TPSA) is 126 Å². The lowest BCUT2D eigenvalue weighted by molar-refractivity contribution is -0.133. The van der Waals surface area contributed by atoms with Crippen LogP contribution in [0.3, 0.4) is 0 Å². The van der Waals surface area contributed by atoms with Crippen LogP contribution in [0, 0.1) is 17.8 Å². The molecule has 11 nitrogen and oxygen atoms in total. The lowest BCUT2D eigenvalue weighted by Crippen LogP contribution is -2.54. The number of hydrogen-bond donors (Lipinski definition) is 1. The number of aromatic nitrogens is 6. The SMILES string of the molecule is C[C@@H]1CN(C(=O)C2CC2)CCN1c1nc2cc(-c3noc(=O)[nH]3)nc(-c3cncc(Cl)c3)c2n1C[C@H]1CC[C@H](C)CC1. The first-order chi connectivity index (χ1) is 20.3. The lowest BCUT2D eigenvalue weighted by Gasteiger charge is -2.41. The Bertz CT molecular complexity index is 1680. The monoisotopic (exact) mass is 590 g/mol. The smallest absolute Gasteiger partial charge is 0.339 e. The predicted molar refractivity (Wildman–Crippen MR) is 159 cm³/mol. The average molecular weight is 591 g/mol. The number of fused-ring (bicyclic) bond motifs is 1. The maximum Gasteiger partial charge on any atom is 0.439 e. The van der Waals surface area contributed by atoms with Gasteiger partial charge < -0.3 is 14.4 Å². The van der Waals surface area contributed by atoms with Crippen LogP contribution in [0.1, 0.15) is 52.4 Å². The molecule has 0 radical (unpaired) electrons. The zero-order valence-electron chi connectivity index (χ0n) is 23.9. The van der Waals surface area contributed by atoms with Crippen LogP contribution in [0.25, 0.3) is 33.8 Å². The number of imidazole rings is 1. The fraction of sp³-hybridized carbons (Fsp3) is 0.533. The van der Waals surface area contributed by atoms with Gasteiger partial charge in [0.25, 0.3) is 0 Å². The Kier molecular flexibility index (Phi) is 7.00. The van der Waals surface area contributed by atoms with Crippen molar-refractivity contribution >= 4 is 34.5 Å². The standard InChI is InChI=1S/C30H35ClN8O3/c1-17-3-5-19(6-4-17)16-39-26-23(34-29(39)38-10-9-37(15-18(38)2)28(40)20-7-8-20)12-24(27-35-30(41)42-36-27)33-25(26)21-11-22(31)14-32-13-21/h11-14,17-20H,3-10,15-16H2,1-2H3,(H,35,36,41)/t17-,18-,19-/m1/s1. The number of hydrogen-bond acceptors (Lipinski definition) is 8. The summed E-state index contributed by atoms with van der Waals surface area (Å²) in [6, 6.07) is 3.79. The van der Waals surface area contributed by atoms with Crippen molar-refractivity contribution in [3.63, 3.8) is 0 Å². The number of piperazine rings is 1. The molecule has 1 saturated heterocycles. The summed E-state index contributed by atoms with van der Waals surface area (Å²) in [7, 11) is 0. The molecule has 1 N–H and O–H groups in total. The molecule has 220 valence electrons. The zero-order chi connectivity index (χ0) is 29.0. The molecule has 0 aromatic carbocycles. The van der Waals surface area contributed by atoms with Gasteiger partial charge >= 0.3 is 5.76 Å². The Morgan fingerprint density at radius 2 is 1.88 bits per heavy atom. The van der Waals surface area contributed by atoms with Gasteiger partial charge in [-0.2, -0.15) is 0 Å². The molecule has 1 atom stereocenters.